The molecule has 1 atom stereocenters. The van der Waals surface area contributed by atoms with Gasteiger partial charge in [-0.2, -0.15) is 0 Å². The molecule has 158 valence electrons. The molecule has 0 bridgehead atoms. The van der Waals surface area contributed by atoms with E-state index in [-0.39, 0.29) is 35.4 Å². The number of benzene rings is 1. The summed E-state index contributed by atoms with van der Waals surface area (Å²) >= 11 is 0. The van der Waals surface area contributed by atoms with Crippen LogP contribution in [0.4, 0.5) is 4.79 Å². The molecule has 1 aromatic carbocycles. The van der Waals surface area contributed by atoms with E-state index in [0.717, 1.165) is 18.4 Å². The summed E-state index contributed by atoms with van der Waals surface area (Å²) in [7, 11) is 0. The van der Waals surface area contributed by atoms with Crippen LogP contribution < -0.4 is 16.0 Å². The van der Waals surface area contributed by atoms with Crippen molar-refractivity contribution in [3.63, 3.8) is 0 Å². The number of amides is 4. The highest BCUT2D eigenvalue weighted by molar-refractivity contribution is 6.05. The van der Waals surface area contributed by atoms with E-state index in [0.29, 0.717) is 13.0 Å². The number of piperidine rings is 1. The minimum atomic E-state index is -0.791. The summed E-state index contributed by atoms with van der Waals surface area (Å²) in [5, 5.41) is 9.30. The minimum Gasteiger partial charge on any atom is -0.353 e. The molecule has 0 aromatic heterocycles. The Balaban J connectivity index is 1.53. The van der Waals surface area contributed by atoms with Gasteiger partial charge in [0.1, 0.15) is 6.04 Å². The lowest BCUT2D eigenvalue weighted by Gasteiger charge is -2.46. The predicted octanol–water partition coefficient (Wildman–Crippen LogP) is 1.96. The van der Waals surface area contributed by atoms with Gasteiger partial charge in [0, 0.05) is 23.7 Å². The Hall–Kier alpha value is -2.41. The van der Waals surface area contributed by atoms with Crippen LogP contribution in [0.25, 0.3) is 0 Å². The molecule has 4 amide bonds. The molecule has 0 saturated carbocycles. The summed E-state index contributed by atoms with van der Waals surface area (Å²) in [5.74, 6) is -0.529. The Labute approximate surface area is 172 Å². The summed E-state index contributed by atoms with van der Waals surface area (Å²) in [5.41, 5.74) is 0.904. The van der Waals surface area contributed by atoms with Crippen molar-refractivity contribution >= 4 is 17.8 Å². The number of carbonyl (C=O) groups is 3. The van der Waals surface area contributed by atoms with E-state index >= 15 is 0 Å². The van der Waals surface area contributed by atoms with E-state index < -0.39 is 12.1 Å². The molecule has 2 aliphatic rings. The predicted molar refractivity (Wildman–Crippen MR) is 111 cm³/mol. The minimum absolute atomic E-state index is 0.0306. The van der Waals surface area contributed by atoms with Gasteiger partial charge in [0.2, 0.25) is 5.91 Å². The third-order valence-electron chi connectivity index (χ3n) is 5.52. The maximum absolute atomic E-state index is 12.6. The molecule has 3 N–H and O–H groups in total. The average Bonchev–Trinajstić information content (AvgIpc) is 2.84. The van der Waals surface area contributed by atoms with Gasteiger partial charge in [-0.25, -0.2) is 4.79 Å². The van der Waals surface area contributed by atoms with E-state index in [1.54, 1.807) is 0 Å². The largest absolute Gasteiger partial charge is 0.353 e. The van der Waals surface area contributed by atoms with E-state index in [4.69, 9.17) is 0 Å². The third kappa shape index (κ3) is 5.56. The lowest BCUT2D eigenvalue weighted by molar-refractivity contribution is -0.131. The fourth-order valence-electron chi connectivity index (χ4n) is 4.71. The molecule has 2 heterocycles. The van der Waals surface area contributed by atoms with E-state index in [1.807, 2.05) is 30.3 Å². The van der Waals surface area contributed by atoms with Crippen molar-refractivity contribution < 1.29 is 14.4 Å². The van der Waals surface area contributed by atoms with Crippen LogP contribution in [-0.2, 0) is 16.0 Å². The maximum Gasteiger partial charge on any atom is 0.324 e. The van der Waals surface area contributed by atoms with E-state index in [1.165, 1.54) is 4.90 Å². The molecular formula is C22H32N4O3. The van der Waals surface area contributed by atoms with Crippen molar-refractivity contribution in [1.29, 1.82) is 0 Å². The summed E-state index contributed by atoms with van der Waals surface area (Å²) < 4.78 is 0. The second kappa shape index (κ2) is 8.14. The number of nitrogens with zero attached hydrogens (tertiary/aromatic N) is 1. The van der Waals surface area contributed by atoms with Gasteiger partial charge in [0.05, 0.1) is 6.42 Å². The Morgan fingerprint density at radius 1 is 1.10 bits per heavy atom. The highest BCUT2D eigenvalue weighted by Crippen LogP contribution is 2.28. The number of hydrogen-bond donors (Lipinski definition) is 3. The Kier molecular flexibility index (Phi) is 5.98. The number of nitrogens with one attached hydrogen (secondary N) is 3. The molecule has 0 spiro atoms. The molecule has 0 aliphatic carbocycles. The first kappa shape index (κ1) is 21.3. The molecule has 2 saturated heterocycles. The van der Waals surface area contributed by atoms with Crippen LogP contribution in [0.5, 0.6) is 0 Å². The Bertz CT molecular complexity index is 760. The van der Waals surface area contributed by atoms with Crippen LogP contribution in [-0.4, -0.2) is 52.5 Å². The summed E-state index contributed by atoms with van der Waals surface area (Å²) in [4.78, 5) is 38.6. The first-order valence-electron chi connectivity index (χ1n) is 10.3. The van der Waals surface area contributed by atoms with Crippen molar-refractivity contribution in [2.75, 3.05) is 6.54 Å². The zero-order valence-corrected chi connectivity index (χ0v) is 17.7. The van der Waals surface area contributed by atoms with Crippen LogP contribution in [0.15, 0.2) is 30.3 Å². The standard InChI is InChI=1S/C22H32N4O3/c1-21(2)13-16(14-22(3,4)25-21)23-18(27)12-17-19(28)26(20(29)24-17)11-10-15-8-6-5-7-9-15/h5-9,16-17,25H,10-14H2,1-4H3,(H,23,27)(H,24,29). The monoisotopic (exact) mass is 400 g/mol. The van der Waals surface area contributed by atoms with Crippen LogP contribution in [0.2, 0.25) is 0 Å². The first-order chi connectivity index (χ1) is 13.5. The zero-order chi connectivity index (χ0) is 21.2. The third-order valence-corrected chi connectivity index (χ3v) is 5.52. The fourth-order valence-corrected chi connectivity index (χ4v) is 4.71. The molecule has 0 radical (unpaired) electrons. The molecule has 7 heteroatoms. The van der Waals surface area contributed by atoms with Gasteiger partial charge < -0.3 is 16.0 Å². The average molecular weight is 401 g/mol. The van der Waals surface area contributed by atoms with Gasteiger partial charge in [-0.05, 0) is 52.5 Å². The Morgan fingerprint density at radius 3 is 2.34 bits per heavy atom. The second-order valence-corrected chi connectivity index (χ2v) is 9.50. The number of imide groups is 1. The second-order valence-electron chi connectivity index (χ2n) is 9.50. The molecule has 3 rings (SSSR count). The molecular weight excluding hydrogens is 368 g/mol. The van der Waals surface area contributed by atoms with Gasteiger partial charge in [-0.15, -0.1) is 0 Å². The van der Waals surface area contributed by atoms with Gasteiger partial charge in [0.15, 0.2) is 0 Å². The van der Waals surface area contributed by atoms with Crippen LogP contribution in [0, 0.1) is 0 Å². The lowest BCUT2D eigenvalue weighted by Crippen LogP contribution is -2.62. The van der Waals surface area contributed by atoms with Crippen LogP contribution in [0.3, 0.4) is 0 Å². The van der Waals surface area contributed by atoms with Crippen LogP contribution in [0.1, 0.15) is 52.5 Å². The normalized spacial score (nSPS) is 23.7. The fraction of sp³-hybridized carbons (Fsp3) is 0.591. The number of carbonyl (C=O) groups excluding carboxylic acids is 3. The van der Waals surface area contributed by atoms with Crippen molar-refractivity contribution in [2.24, 2.45) is 0 Å². The van der Waals surface area contributed by atoms with Gasteiger partial charge >= 0.3 is 6.03 Å². The number of urea groups is 1. The first-order valence-corrected chi connectivity index (χ1v) is 10.3. The zero-order valence-electron chi connectivity index (χ0n) is 17.7. The highest BCUT2D eigenvalue weighted by atomic mass is 16.2. The Morgan fingerprint density at radius 2 is 1.72 bits per heavy atom. The lowest BCUT2D eigenvalue weighted by atomic mass is 9.79. The molecule has 2 fully saturated rings. The number of hydrogen-bond acceptors (Lipinski definition) is 4. The maximum atomic E-state index is 12.6. The van der Waals surface area contributed by atoms with Crippen molar-refractivity contribution in [2.45, 2.75) is 76.5 Å². The van der Waals surface area contributed by atoms with Crippen molar-refractivity contribution in [1.82, 2.24) is 20.9 Å². The quantitative estimate of drug-likeness (QED) is 0.637. The van der Waals surface area contributed by atoms with Crippen LogP contribution >= 0.6 is 0 Å². The van der Waals surface area contributed by atoms with Crippen molar-refractivity contribution in [3.05, 3.63) is 35.9 Å². The van der Waals surface area contributed by atoms with Gasteiger partial charge in [-0.1, -0.05) is 30.3 Å². The molecule has 7 nitrogen and oxygen atoms in total. The van der Waals surface area contributed by atoms with E-state index in [2.05, 4.69) is 43.6 Å². The molecule has 1 aromatic rings. The summed E-state index contributed by atoms with van der Waals surface area (Å²) in [6.45, 7) is 8.80. The molecule has 2 aliphatic heterocycles. The SMILES string of the molecule is CC1(C)CC(NC(=O)CC2NC(=O)N(CCc3ccccc3)C2=O)CC(C)(C)N1. The van der Waals surface area contributed by atoms with E-state index in [9.17, 15) is 14.4 Å². The topological polar surface area (TPSA) is 90.5 Å². The molecule has 1 unspecified atom stereocenters. The molecule has 29 heavy (non-hydrogen) atoms. The smallest absolute Gasteiger partial charge is 0.324 e. The number of rotatable bonds is 6. The highest BCUT2D eigenvalue weighted by Gasteiger charge is 2.41. The van der Waals surface area contributed by atoms with Gasteiger partial charge in [0.25, 0.3) is 5.91 Å². The summed E-state index contributed by atoms with van der Waals surface area (Å²) in [6.07, 6.45) is 2.20. The summed E-state index contributed by atoms with van der Waals surface area (Å²) in [6, 6.07) is 8.53. The van der Waals surface area contributed by atoms with Crippen molar-refractivity contribution in [3.8, 4) is 0 Å². The van der Waals surface area contributed by atoms with Gasteiger partial charge in [-0.3, -0.25) is 14.5 Å².